The van der Waals surface area contributed by atoms with Crippen LogP contribution in [0.25, 0.3) is 10.9 Å². The van der Waals surface area contributed by atoms with Crippen LogP contribution in [-0.4, -0.2) is 10.9 Å². The highest BCUT2D eigenvalue weighted by molar-refractivity contribution is 5.92. The molecule has 0 spiro atoms. The number of benzene rings is 2. The zero-order valence-corrected chi connectivity index (χ0v) is 17.6. The first-order valence-electron chi connectivity index (χ1n) is 10.8. The summed E-state index contributed by atoms with van der Waals surface area (Å²) in [6.07, 6.45) is 0.715. The average molecular weight is 444 g/mol. The Bertz CT molecular complexity index is 1120. The smallest absolute Gasteiger partial charge is 0.326 e. The standard InChI is InChI=1S/C25H24F4N2O/c1-15(24(32)31-18-10-11-21(22(26)14-18)25(27,28)29)16-6-8-17(9-7-16)19-12-13-30-23-5-3-2-4-20(19)23/h2-5,10-17H,6-9H2,1H3,(H,31,32)/t15-,16-,17+/m1/s1. The Morgan fingerprint density at radius 3 is 2.47 bits per heavy atom. The maximum absolute atomic E-state index is 13.8. The molecule has 1 aliphatic carbocycles. The molecular formula is C25H24F4N2O. The SMILES string of the molecule is C[C@@H](C(=O)Nc1ccc(C(F)(F)F)c(F)c1)[C@H]1CC[C@@H](c2ccnc3ccccc32)CC1. The number of carbonyl (C=O) groups excluding carboxylic acids is 1. The van der Waals surface area contributed by atoms with Crippen molar-refractivity contribution in [3.05, 3.63) is 71.7 Å². The van der Waals surface area contributed by atoms with Crippen LogP contribution in [0.15, 0.2) is 54.7 Å². The molecule has 3 nitrogen and oxygen atoms in total. The van der Waals surface area contributed by atoms with E-state index < -0.39 is 17.6 Å². The number of rotatable bonds is 4. The summed E-state index contributed by atoms with van der Waals surface area (Å²) in [6.45, 7) is 1.82. The van der Waals surface area contributed by atoms with Gasteiger partial charge in [-0.05, 0) is 73.4 Å². The van der Waals surface area contributed by atoms with Gasteiger partial charge in [0.2, 0.25) is 5.91 Å². The number of nitrogens with zero attached hydrogens (tertiary/aromatic N) is 1. The van der Waals surface area contributed by atoms with E-state index in [4.69, 9.17) is 0 Å². The van der Waals surface area contributed by atoms with Crippen LogP contribution in [0.5, 0.6) is 0 Å². The summed E-state index contributed by atoms with van der Waals surface area (Å²) in [5.41, 5.74) is 0.949. The molecule has 2 aromatic carbocycles. The summed E-state index contributed by atoms with van der Waals surface area (Å²) in [6, 6.07) is 12.6. The van der Waals surface area contributed by atoms with E-state index in [-0.39, 0.29) is 23.4 Å². The number of hydrogen-bond acceptors (Lipinski definition) is 2. The van der Waals surface area contributed by atoms with Gasteiger partial charge in [0.25, 0.3) is 0 Å². The predicted molar refractivity (Wildman–Crippen MR) is 116 cm³/mol. The van der Waals surface area contributed by atoms with Gasteiger partial charge >= 0.3 is 6.18 Å². The van der Waals surface area contributed by atoms with E-state index in [1.807, 2.05) is 31.3 Å². The van der Waals surface area contributed by atoms with Gasteiger partial charge in [0.05, 0.1) is 11.1 Å². The molecule has 7 heteroatoms. The number of halogens is 4. The third-order valence-corrected chi connectivity index (χ3v) is 6.56. The van der Waals surface area contributed by atoms with E-state index in [0.717, 1.165) is 48.7 Å². The van der Waals surface area contributed by atoms with Gasteiger partial charge in [0, 0.05) is 23.2 Å². The summed E-state index contributed by atoms with van der Waals surface area (Å²) in [4.78, 5) is 17.1. The fraction of sp³-hybridized carbons (Fsp3) is 0.360. The van der Waals surface area contributed by atoms with Gasteiger partial charge in [0.1, 0.15) is 5.82 Å². The largest absolute Gasteiger partial charge is 0.419 e. The summed E-state index contributed by atoms with van der Waals surface area (Å²) in [5, 5.41) is 3.73. The fourth-order valence-corrected chi connectivity index (χ4v) is 4.70. The molecule has 3 aromatic rings. The lowest BCUT2D eigenvalue weighted by molar-refractivity contribution is -0.140. The van der Waals surface area contributed by atoms with E-state index in [0.29, 0.717) is 12.0 Å². The van der Waals surface area contributed by atoms with Gasteiger partial charge in [-0.3, -0.25) is 9.78 Å². The van der Waals surface area contributed by atoms with E-state index in [2.05, 4.69) is 22.4 Å². The zero-order valence-electron chi connectivity index (χ0n) is 17.6. The van der Waals surface area contributed by atoms with Gasteiger partial charge in [-0.1, -0.05) is 25.1 Å². The van der Waals surface area contributed by atoms with E-state index in [1.54, 1.807) is 0 Å². The number of anilines is 1. The highest BCUT2D eigenvalue weighted by Gasteiger charge is 2.34. The molecule has 1 heterocycles. The number of fused-ring (bicyclic) bond motifs is 1. The highest BCUT2D eigenvalue weighted by Crippen LogP contribution is 2.41. The maximum Gasteiger partial charge on any atom is 0.419 e. The molecule has 1 aliphatic rings. The molecule has 0 aliphatic heterocycles. The second-order valence-electron chi connectivity index (χ2n) is 8.50. The molecule has 32 heavy (non-hydrogen) atoms. The van der Waals surface area contributed by atoms with E-state index >= 15 is 0 Å². The van der Waals surface area contributed by atoms with Crippen molar-refractivity contribution < 1.29 is 22.4 Å². The second kappa shape index (κ2) is 8.88. The van der Waals surface area contributed by atoms with Crippen LogP contribution in [0.2, 0.25) is 0 Å². The number of amides is 1. The molecule has 1 fully saturated rings. The first-order chi connectivity index (χ1) is 15.2. The van der Waals surface area contributed by atoms with Crippen molar-refractivity contribution in [2.45, 2.75) is 44.7 Å². The zero-order chi connectivity index (χ0) is 22.9. The molecule has 0 saturated heterocycles. The lowest BCUT2D eigenvalue weighted by atomic mass is 9.73. The Morgan fingerprint density at radius 2 is 1.78 bits per heavy atom. The van der Waals surface area contributed by atoms with Crippen molar-refractivity contribution in [1.82, 2.24) is 4.98 Å². The third-order valence-electron chi connectivity index (χ3n) is 6.56. The molecule has 1 aromatic heterocycles. The maximum atomic E-state index is 13.8. The van der Waals surface area contributed by atoms with Crippen molar-refractivity contribution in [3.8, 4) is 0 Å². The number of carbonyl (C=O) groups is 1. The van der Waals surface area contributed by atoms with Crippen molar-refractivity contribution >= 4 is 22.5 Å². The lowest BCUT2D eigenvalue weighted by Crippen LogP contribution is -2.29. The fourth-order valence-electron chi connectivity index (χ4n) is 4.70. The summed E-state index contributed by atoms with van der Waals surface area (Å²) in [5.74, 6) is -1.46. The molecule has 4 rings (SSSR count). The molecule has 0 bridgehead atoms. The molecule has 1 atom stereocenters. The topological polar surface area (TPSA) is 42.0 Å². The molecule has 1 saturated carbocycles. The van der Waals surface area contributed by atoms with E-state index in [1.165, 1.54) is 5.56 Å². The Balaban J connectivity index is 1.38. The monoisotopic (exact) mass is 444 g/mol. The Morgan fingerprint density at radius 1 is 1.06 bits per heavy atom. The van der Waals surface area contributed by atoms with Crippen LogP contribution in [0.4, 0.5) is 23.2 Å². The van der Waals surface area contributed by atoms with Crippen LogP contribution in [0, 0.1) is 17.7 Å². The normalized spacial score (nSPS) is 20.2. The Labute approximate surface area is 183 Å². The van der Waals surface area contributed by atoms with Crippen LogP contribution in [-0.2, 0) is 11.0 Å². The van der Waals surface area contributed by atoms with Gasteiger partial charge < -0.3 is 5.32 Å². The van der Waals surface area contributed by atoms with Crippen molar-refractivity contribution in [3.63, 3.8) is 0 Å². The van der Waals surface area contributed by atoms with E-state index in [9.17, 15) is 22.4 Å². The van der Waals surface area contributed by atoms with Gasteiger partial charge in [-0.25, -0.2) is 4.39 Å². The van der Waals surface area contributed by atoms with Crippen molar-refractivity contribution in [2.75, 3.05) is 5.32 Å². The average Bonchev–Trinajstić information content (AvgIpc) is 2.77. The van der Waals surface area contributed by atoms with Crippen LogP contribution in [0.1, 0.15) is 49.7 Å². The minimum Gasteiger partial charge on any atom is -0.326 e. The lowest BCUT2D eigenvalue weighted by Gasteiger charge is -2.32. The number of aromatic nitrogens is 1. The minimum absolute atomic E-state index is 0.0318. The van der Waals surface area contributed by atoms with Gasteiger partial charge in [-0.15, -0.1) is 0 Å². The van der Waals surface area contributed by atoms with Gasteiger partial charge in [0.15, 0.2) is 0 Å². The molecule has 0 radical (unpaired) electrons. The van der Waals surface area contributed by atoms with Crippen molar-refractivity contribution in [1.29, 1.82) is 0 Å². The number of para-hydroxylation sites is 1. The quantitative estimate of drug-likeness (QED) is 0.443. The Hall–Kier alpha value is -2.96. The number of nitrogens with one attached hydrogen (secondary N) is 1. The van der Waals surface area contributed by atoms with Crippen LogP contribution >= 0.6 is 0 Å². The number of alkyl halides is 3. The molecular weight excluding hydrogens is 420 g/mol. The predicted octanol–water partition coefficient (Wildman–Crippen LogP) is 6.94. The summed E-state index contributed by atoms with van der Waals surface area (Å²) < 4.78 is 52.0. The first kappa shape index (κ1) is 22.2. The number of hydrogen-bond donors (Lipinski definition) is 1. The number of pyridine rings is 1. The Kier molecular flexibility index (Phi) is 6.17. The highest BCUT2D eigenvalue weighted by atomic mass is 19.4. The van der Waals surface area contributed by atoms with Crippen molar-refractivity contribution in [2.24, 2.45) is 11.8 Å². The summed E-state index contributed by atoms with van der Waals surface area (Å²) in [7, 11) is 0. The molecule has 0 unspecified atom stereocenters. The first-order valence-corrected chi connectivity index (χ1v) is 10.8. The minimum atomic E-state index is -4.77. The van der Waals surface area contributed by atoms with Gasteiger partial charge in [-0.2, -0.15) is 13.2 Å². The molecule has 1 N–H and O–H groups in total. The third kappa shape index (κ3) is 4.61. The second-order valence-corrected chi connectivity index (χ2v) is 8.50. The molecule has 168 valence electrons. The summed E-state index contributed by atoms with van der Waals surface area (Å²) >= 11 is 0. The molecule has 1 amide bonds. The van der Waals surface area contributed by atoms with Crippen LogP contribution < -0.4 is 5.32 Å². The van der Waals surface area contributed by atoms with Crippen LogP contribution in [0.3, 0.4) is 0 Å².